The minimum Gasteiger partial charge on any atom is -0.383 e. The number of hydrogen-bond acceptors (Lipinski definition) is 2. The molecule has 0 aliphatic rings. The number of halogens is 5. The Bertz CT molecular complexity index is 493. The average Bonchev–Trinajstić information content (AvgIpc) is 2.36. The summed E-state index contributed by atoms with van der Waals surface area (Å²) in [7, 11) is 1.27. The number of hydrogen-bond donors (Lipinski definition) is 1. The SMILES string of the molecule is COCCN(CC(F)(F)F)C(=O)Nc1ccc(F)cc1F. The Morgan fingerprint density at radius 1 is 1.33 bits per heavy atom. The topological polar surface area (TPSA) is 41.6 Å². The molecule has 0 aliphatic heterocycles. The molecule has 1 aromatic rings. The Morgan fingerprint density at radius 3 is 2.52 bits per heavy atom. The molecular formula is C12H13F5N2O2. The van der Waals surface area contributed by atoms with Crippen molar-refractivity contribution in [1.29, 1.82) is 0 Å². The van der Waals surface area contributed by atoms with Gasteiger partial charge in [-0.05, 0) is 12.1 Å². The van der Waals surface area contributed by atoms with Crippen molar-refractivity contribution < 1.29 is 31.5 Å². The van der Waals surface area contributed by atoms with Crippen LogP contribution in [0, 0.1) is 11.6 Å². The van der Waals surface area contributed by atoms with E-state index in [1.165, 1.54) is 7.11 Å². The first-order valence-corrected chi connectivity index (χ1v) is 5.79. The molecule has 21 heavy (non-hydrogen) atoms. The minimum atomic E-state index is -4.60. The molecule has 2 amide bonds. The number of urea groups is 1. The Balaban J connectivity index is 2.79. The predicted octanol–water partition coefficient (Wildman–Crippen LogP) is 3.01. The van der Waals surface area contributed by atoms with Gasteiger partial charge in [-0.25, -0.2) is 13.6 Å². The van der Waals surface area contributed by atoms with Crippen molar-refractivity contribution in [1.82, 2.24) is 4.90 Å². The van der Waals surface area contributed by atoms with Crippen molar-refractivity contribution in [2.45, 2.75) is 6.18 Å². The summed E-state index contributed by atoms with van der Waals surface area (Å²) in [6.45, 7) is -1.95. The summed E-state index contributed by atoms with van der Waals surface area (Å²) in [6.07, 6.45) is -4.60. The average molecular weight is 312 g/mol. The molecule has 118 valence electrons. The van der Waals surface area contributed by atoms with Crippen LogP contribution in [-0.2, 0) is 4.74 Å². The molecule has 0 heterocycles. The van der Waals surface area contributed by atoms with E-state index in [0.717, 1.165) is 12.1 Å². The molecule has 4 nitrogen and oxygen atoms in total. The molecule has 0 saturated carbocycles. The van der Waals surface area contributed by atoms with Gasteiger partial charge in [0.05, 0.1) is 12.3 Å². The number of nitrogens with one attached hydrogen (secondary N) is 1. The lowest BCUT2D eigenvalue weighted by Gasteiger charge is -2.24. The number of benzene rings is 1. The summed E-state index contributed by atoms with van der Waals surface area (Å²) < 4.78 is 67.8. The highest BCUT2D eigenvalue weighted by Crippen LogP contribution is 2.19. The lowest BCUT2D eigenvalue weighted by atomic mass is 10.3. The van der Waals surface area contributed by atoms with E-state index in [1.807, 2.05) is 5.32 Å². The highest BCUT2D eigenvalue weighted by Gasteiger charge is 2.33. The van der Waals surface area contributed by atoms with E-state index in [1.54, 1.807) is 0 Å². The van der Waals surface area contributed by atoms with Gasteiger partial charge in [0.2, 0.25) is 0 Å². The van der Waals surface area contributed by atoms with Crippen molar-refractivity contribution >= 4 is 11.7 Å². The third-order valence-corrected chi connectivity index (χ3v) is 2.40. The van der Waals surface area contributed by atoms with Crippen molar-refractivity contribution in [2.24, 2.45) is 0 Å². The van der Waals surface area contributed by atoms with Crippen molar-refractivity contribution in [3.63, 3.8) is 0 Å². The van der Waals surface area contributed by atoms with Crippen molar-refractivity contribution in [3.8, 4) is 0 Å². The number of amides is 2. The summed E-state index contributed by atoms with van der Waals surface area (Å²) in [4.78, 5) is 12.2. The van der Waals surface area contributed by atoms with Crippen LogP contribution in [-0.4, -0.2) is 43.9 Å². The van der Waals surface area contributed by atoms with Crippen LogP contribution >= 0.6 is 0 Å². The molecule has 0 bridgehead atoms. The normalized spacial score (nSPS) is 11.3. The monoisotopic (exact) mass is 312 g/mol. The Morgan fingerprint density at radius 2 is 2.00 bits per heavy atom. The van der Waals surface area contributed by atoms with Gasteiger partial charge in [-0.2, -0.15) is 13.2 Å². The first kappa shape index (κ1) is 17.2. The summed E-state index contributed by atoms with van der Waals surface area (Å²) in [6, 6.07) is 1.15. The van der Waals surface area contributed by atoms with Gasteiger partial charge in [0, 0.05) is 19.7 Å². The molecule has 0 saturated heterocycles. The van der Waals surface area contributed by atoms with Crippen LogP contribution in [0.25, 0.3) is 0 Å². The van der Waals surface area contributed by atoms with Crippen molar-refractivity contribution in [3.05, 3.63) is 29.8 Å². The number of carbonyl (C=O) groups excluding carboxylic acids is 1. The zero-order valence-corrected chi connectivity index (χ0v) is 11.0. The second-order valence-electron chi connectivity index (χ2n) is 4.08. The van der Waals surface area contributed by atoms with Crippen LogP contribution in [0.5, 0.6) is 0 Å². The second kappa shape index (κ2) is 7.21. The number of methoxy groups -OCH3 is 1. The zero-order chi connectivity index (χ0) is 16.0. The maximum atomic E-state index is 13.3. The number of rotatable bonds is 5. The standard InChI is InChI=1S/C12H13F5N2O2/c1-21-5-4-19(7-12(15,16)17)11(20)18-10-3-2-8(13)6-9(10)14/h2-3,6H,4-5,7H2,1H3,(H,18,20). The van der Waals surface area contributed by atoms with Gasteiger partial charge in [0.15, 0.2) is 0 Å². The molecule has 1 aromatic carbocycles. The van der Waals surface area contributed by atoms with Crippen LogP contribution in [0.2, 0.25) is 0 Å². The molecule has 0 aliphatic carbocycles. The van der Waals surface area contributed by atoms with E-state index in [2.05, 4.69) is 4.74 Å². The third kappa shape index (κ3) is 5.94. The van der Waals surface area contributed by atoms with E-state index in [0.29, 0.717) is 11.0 Å². The summed E-state index contributed by atoms with van der Waals surface area (Å²) in [5, 5.41) is 1.96. The van der Waals surface area contributed by atoms with Crippen LogP contribution in [0.15, 0.2) is 18.2 Å². The molecule has 0 unspecified atom stereocenters. The van der Waals surface area contributed by atoms with E-state index in [9.17, 15) is 26.7 Å². The number of anilines is 1. The molecular weight excluding hydrogens is 299 g/mol. The van der Waals surface area contributed by atoms with E-state index >= 15 is 0 Å². The van der Waals surface area contributed by atoms with Crippen LogP contribution < -0.4 is 5.32 Å². The maximum absolute atomic E-state index is 13.3. The van der Waals surface area contributed by atoms with E-state index in [4.69, 9.17) is 0 Å². The highest BCUT2D eigenvalue weighted by molar-refractivity contribution is 5.89. The van der Waals surface area contributed by atoms with Gasteiger partial charge in [0.1, 0.15) is 18.2 Å². The van der Waals surface area contributed by atoms with Gasteiger partial charge >= 0.3 is 12.2 Å². The van der Waals surface area contributed by atoms with Crippen LogP contribution in [0.4, 0.5) is 32.4 Å². The smallest absolute Gasteiger partial charge is 0.383 e. The van der Waals surface area contributed by atoms with E-state index in [-0.39, 0.29) is 13.2 Å². The predicted molar refractivity (Wildman–Crippen MR) is 64.9 cm³/mol. The Labute approximate surface area is 117 Å². The van der Waals surface area contributed by atoms with Gasteiger partial charge in [-0.1, -0.05) is 0 Å². The minimum absolute atomic E-state index is 0.116. The molecule has 9 heteroatoms. The van der Waals surface area contributed by atoms with Crippen molar-refractivity contribution in [2.75, 3.05) is 32.1 Å². The largest absolute Gasteiger partial charge is 0.406 e. The van der Waals surface area contributed by atoms with Crippen LogP contribution in [0.3, 0.4) is 0 Å². The Hall–Kier alpha value is -1.90. The quantitative estimate of drug-likeness (QED) is 0.849. The second-order valence-corrected chi connectivity index (χ2v) is 4.08. The van der Waals surface area contributed by atoms with E-state index < -0.39 is 36.1 Å². The first-order valence-electron chi connectivity index (χ1n) is 5.79. The number of nitrogens with zero attached hydrogens (tertiary/aromatic N) is 1. The van der Waals surface area contributed by atoms with Gasteiger partial charge in [-0.3, -0.25) is 0 Å². The molecule has 1 N–H and O–H groups in total. The molecule has 0 spiro atoms. The molecule has 0 radical (unpaired) electrons. The fourth-order valence-electron chi connectivity index (χ4n) is 1.46. The summed E-state index contributed by atoms with van der Waals surface area (Å²) >= 11 is 0. The first-order chi connectivity index (χ1) is 9.73. The number of ether oxygens (including phenoxy) is 1. The van der Waals surface area contributed by atoms with Gasteiger partial charge in [0.25, 0.3) is 0 Å². The highest BCUT2D eigenvalue weighted by atomic mass is 19.4. The van der Waals surface area contributed by atoms with Gasteiger partial charge in [-0.15, -0.1) is 0 Å². The lowest BCUT2D eigenvalue weighted by molar-refractivity contribution is -0.140. The summed E-state index contributed by atoms with van der Waals surface area (Å²) in [5.41, 5.74) is -0.411. The lowest BCUT2D eigenvalue weighted by Crippen LogP contribution is -2.43. The molecule has 0 aromatic heterocycles. The molecule has 0 atom stereocenters. The number of alkyl halides is 3. The molecule has 1 rings (SSSR count). The number of carbonyl (C=O) groups is 1. The van der Waals surface area contributed by atoms with Gasteiger partial charge < -0.3 is 15.0 Å². The fraction of sp³-hybridized carbons (Fsp3) is 0.417. The third-order valence-electron chi connectivity index (χ3n) is 2.40. The fourth-order valence-corrected chi connectivity index (χ4v) is 1.46. The maximum Gasteiger partial charge on any atom is 0.406 e. The molecule has 0 fully saturated rings. The summed E-state index contributed by atoms with van der Waals surface area (Å²) in [5.74, 6) is -1.95. The Kier molecular flexibility index (Phi) is 5.89. The van der Waals surface area contributed by atoms with Crippen LogP contribution in [0.1, 0.15) is 0 Å². The zero-order valence-electron chi connectivity index (χ0n) is 11.0.